The van der Waals surface area contributed by atoms with E-state index in [4.69, 9.17) is 0 Å². The fraction of sp³-hybridized carbons (Fsp3) is 0.833. The summed E-state index contributed by atoms with van der Waals surface area (Å²) in [5.41, 5.74) is 0. The molecule has 52 valence electrons. The molecular formula is C6H12N2O. The summed E-state index contributed by atoms with van der Waals surface area (Å²) in [7, 11) is 0. The molecule has 1 rings (SSSR count). The number of nitrogens with zero attached hydrogens (tertiary/aromatic N) is 1. The van der Waals surface area contributed by atoms with E-state index in [1.54, 1.807) is 0 Å². The van der Waals surface area contributed by atoms with E-state index in [1.807, 2.05) is 0 Å². The van der Waals surface area contributed by atoms with Crippen LogP contribution in [0, 0.1) is 0 Å². The second kappa shape index (κ2) is 3.58. The highest BCUT2D eigenvalue weighted by molar-refractivity contribution is 5.51. The Balaban J connectivity index is 2.15. The Morgan fingerprint density at radius 3 is 2.67 bits per heavy atom. The Hall–Kier alpha value is -0.410. The predicted octanol–water partition coefficient (Wildman–Crippen LogP) is -0.909. The Morgan fingerprint density at radius 2 is 2.11 bits per heavy atom. The smallest absolute Gasteiger partial charge is 0.133 e. The van der Waals surface area contributed by atoms with Gasteiger partial charge in [0.25, 0.3) is 0 Å². The maximum absolute atomic E-state index is 10.0. The quantitative estimate of drug-likeness (QED) is 0.489. The van der Waals surface area contributed by atoms with Crippen LogP contribution in [-0.2, 0) is 4.79 Å². The summed E-state index contributed by atoms with van der Waals surface area (Å²) in [4.78, 5) is 12.2. The molecule has 3 nitrogen and oxygen atoms in total. The van der Waals surface area contributed by atoms with E-state index in [-0.39, 0.29) is 0 Å². The minimum Gasteiger partial charge on any atom is -0.314 e. The topological polar surface area (TPSA) is 32.3 Å². The van der Waals surface area contributed by atoms with Gasteiger partial charge in [0, 0.05) is 26.2 Å². The zero-order chi connectivity index (χ0) is 6.53. The van der Waals surface area contributed by atoms with Crippen LogP contribution in [0.25, 0.3) is 0 Å². The van der Waals surface area contributed by atoms with E-state index < -0.39 is 0 Å². The standard InChI is InChI=1S/C6H12N2O/c9-6-5-8-3-1-7-2-4-8/h6-7H,1-5H2. The molecular weight excluding hydrogens is 116 g/mol. The van der Waals surface area contributed by atoms with E-state index >= 15 is 0 Å². The first-order valence-corrected chi connectivity index (χ1v) is 3.30. The van der Waals surface area contributed by atoms with Crippen molar-refractivity contribution in [2.45, 2.75) is 0 Å². The van der Waals surface area contributed by atoms with Gasteiger partial charge in [-0.3, -0.25) is 4.90 Å². The van der Waals surface area contributed by atoms with Crippen molar-refractivity contribution in [2.75, 3.05) is 32.7 Å². The molecule has 0 saturated carbocycles. The number of rotatable bonds is 2. The van der Waals surface area contributed by atoms with Crippen LogP contribution < -0.4 is 5.32 Å². The molecule has 0 amide bonds. The zero-order valence-corrected chi connectivity index (χ0v) is 5.47. The zero-order valence-electron chi connectivity index (χ0n) is 5.47. The Kier molecular flexibility index (Phi) is 2.67. The molecule has 0 aliphatic carbocycles. The lowest BCUT2D eigenvalue weighted by Crippen LogP contribution is -2.44. The molecule has 0 aromatic heterocycles. The fourth-order valence-corrected chi connectivity index (χ4v) is 0.999. The Morgan fingerprint density at radius 1 is 1.44 bits per heavy atom. The molecule has 0 spiro atoms. The number of carbonyl (C=O) groups is 1. The first kappa shape index (κ1) is 6.71. The second-order valence-electron chi connectivity index (χ2n) is 2.22. The van der Waals surface area contributed by atoms with Crippen LogP contribution in [0.4, 0.5) is 0 Å². The molecule has 0 atom stereocenters. The molecule has 1 saturated heterocycles. The van der Waals surface area contributed by atoms with E-state index in [0.29, 0.717) is 6.54 Å². The van der Waals surface area contributed by atoms with Crippen LogP contribution in [0.5, 0.6) is 0 Å². The van der Waals surface area contributed by atoms with Crippen LogP contribution >= 0.6 is 0 Å². The SMILES string of the molecule is O=CCN1CCNCC1. The number of nitrogens with one attached hydrogen (secondary N) is 1. The van der Waals surface area contributed by atoms with Crippen molar-refractivity contribution in [1.29, 1.82) is 0 Å². The summed E-state index contributed by atoms with van der Waals surface area (Å²) >= 11 is 0. The van der Waals surface area contributed by atoms with Crippen molar-refractivity contribution in [1.82, 2.24) is 10.2 Å². The summed E-state index contributed by atoms with van der Waals surface area (Å²) in [5.74, 6) is 0. The maximum atomic E-state index is 10.0. The molecule has 0 aromatic carbocycles. The van der Waals surface area contributed by atoms with E-state index in [9.17, 15) is 4.79 Å². The van der Waals surface area contributed by atoms with E-state index in [0.717, 1.165) is 32.5 Å². The summed E-state index contributed by atoms with van der Waals surface area (Å²) in [5, 5.41) is 3.22. The lowest BCUT2D eigenvalue weighted by atomic mass is 10.4. The third-order valence-electron chi connectivity index (χ3n) is 1.54. The fourth-order valence-electron chi connectivity index (χ4n) is 0.999. The number of piperazine rings is 1. The van der Waals surface area contributed by atoms with Crippen LogP contribution in [0.2, 0.25) is 0 Å². The molecule has 0 aromatic rings. The highest BCUT2D eigenvalue weighted by atomic mass is 16.1. The third-order valence-corrected chi connectivity index (χ3v) is 1.54. The highest BCUT2D eigenvalue weighted by Crippen LogP contribution is 1.87. The summed E-state index contributed by atoms with van der Waals surface area (Å²) in [6.07, 6.45) is 0.964. The molecule has 0 radical (unpaired) electrons. The molecule has 9 heavy (non-hydrogen) atoms. The van der Waals surface area contributed by atoms with Crippen LogP contribution in [-0.4, -0.2) is 43.9 Å². The van der Waals surface area contributed by atoms with Gasteiger partial charge in [-0.1, -0.05) is 0 Å². The van der Waals surface area contributed by atoms with Crippen molar-refractivity contribution in [3.63, 3.8) is 0 Å². The van der Waals surface area contributed by atoms with Gasteiger partial charge in [-0.15, -0.1) is 0 Å². The molecule has 3 heteroatoms. The average Bonchev–Trinajstić information content (AvgIpc) is 1.91. The van der Waals surface area contributed by atoms with Gasteiger partial charge in [-0.25, -0.2) is 0 Å². The van der Waals surface area contributed by atoms with E-state index in [1.165, 1.54) is 0 Å². The molecule has 1 aliphatic heterocycles. The van der Waals surface area contributed by atoms with Crippen molar-refractivity contribution in [3.05, 3.63) is 0 Å². The third kappa shape index (κ3) is 2.11. The van der Waals surface area contributed by atoms with Gasteiger partial charge in [0.1, 0.15) is 6.29 Å². The van der Waals surface area contributed by atoms with Gasteiger partial charge in [-0.05, 0) is 0 Å². The van der Waals surface area contributed by atoms with Gasteiger partial charge in [-0.2, -0.15) is 0 Å². The van der Waals surface area contributed by atoms with Crippen molar-refractivity contribution in [3.8, 4) is 0 Å². The van der Waals surface area contributed by atoms with Gasteiger partial charge < -0.3 is 10.1 Å². The molecule has 0 unspecified atom stereocenters. The maximum Gasteiger partial charge on any atom is 0.133 e. The summed E-state index contributed by atoms with van der Waals surface area (Å²) in [6, 6.07) is 0. The number of hydrogen-bond donors (Lipinski definition) is 1. The Bertz CT molecular complexity index is 89.1. The van der Waals surface area contributed by atoms with Crippen molar-refractivity contribution in [2.24, 2.45) is 0 Å². The lowest BCUT2D eigenvalue weighted by Gasteiger charge is -2.24. The van der Waals surface area contributed by atoms with Gasteiger partial charge >= 0.3 is 0 Å². The molecule has 1 fully saturated rings. The minimum absolute atomic E-state index is 0.599. The lowest BCUT2D eigenvalue weighted by molar-refractivity contribution is -0.109. The normalized spacial score (nSPS) is 21.8. The van der Waals surface area contributed by atoms with Gasteiger partial charge in [0.2, 0.25) is 0 Å². The average molecular weight is 128 g/mol. The number of carbonyl (C=O) groups excluding carboxylic acids is 1. The molecule has 1 aliphatic rings. The number of aldehydes is 1. The molecule has 0 bridgehead atoms. The highest BCUT2D eigenvalue weighted by Gasteiger charge is 2.06. The van der Waals surface area contributed by atoms with Crippen molar-refractivity contribution >= 4 is 6.29 Å². The van der Waals surface area contributed by atoms with Crippen molar-refractivity contribution < 1.29 is 4.79 Å². The minimum atomic E-state index is 0.599. The van der Waals surface area contributed by atoms with Crippen LogP contribution in [0.3, 0.4) is 0 Å². The predicted molar refractivity (Wildman–Crippen MR) is 35.4 cm³/mol. The first-order valence-electron chi connectivity index (χ1n) is 3.30. The summed E-state index contributed by atoms with van der Waals surface area (Å²) in [6.45, 7) is 4.67. The molecule has 1 heterocycles. The number of hydrogen-bond acceptors (Lipinski definition) is 3. The monoisotopic (exact) mass is 128 g/mol. The Labute approximate surface area is 55.0 Å². The summed E-state index contributed by atoms with van der Waals surface area (Å²) < 4.78 is 0. The first-order chi connectivity index (χ1) is 4.43. The second-order valence-corrected chi connectivity index (χ2v) is 2.22. The van der Waals surface area contributed by atoms with Crippen LogP contribution in [0.1, 0.15) is 0 Å². The van der Waals surface area contributed by atoms with Crippen LogP contribution in [0.15, 0.2) is 0 Å². The van der Waals surface area contributed by atoms with E-state index in [2.05, 4.69) is 10.2 Å². The molecule has 1 N–H and O–H groups in total. The largest absolute Gasteiger partial charge is 0.314 e. The van der Waals surface area contributed by atoms with Gasteiger partial charge in [0.05, 0.1) is 6.54 Å². The van der Waals surface area contributed by atoms with Gasteiger partial charge in [0.15, 0.2) is 0 Å².